The van der Waals surface area contributed by atoms with Crippen LogP contribution in [0.25, 0.3) is 0 Å². The molecule has 0 spiro atoms. The molecule has 0 radical (unpaired) electrons. The summed E-state index contributed by atoms with van der Waals surface area (Å²) in [5.41, 5.74) is 12.1. The summed E-state index contributed by atoms with van der Waals surface area (Å²) in [5, 5.41) is 0. The van der Waals surface area contributed by atoms with Crippen molar-refractivity contribution in [1.29, 1.82) is 0 Å². The second kappa shape index (κ2) is 6.63. The summed E-state index contributed by atoms with van der Waals surface area (Å²) in [6.45, 7) is 9.29. The van der Waals surface area contributed by atoms with Crippen molar-refractivity contribution >= 4 is 11.6 Å². The third-order valence-corrected chi connectivity index (χ3v) is 2.84. The third kappa shape index (κ3) is 2.75. The van der Waals surface area contributed by atoms with E-state index in [1.165, 1.54) is 12.2 Å². The van der Waals surface area contributed by atoms with Crippen LogP contribution in [0.2, 0.25) is 0 Å². The standard InChI is InChI=1S/C16H18N2O2/c1-4-7-12-11(5-2)15(19)10(3)14(16(12)20)13(18)8-6-9-17/h4-8H,2-3,9,17-18H2,1H3/b7-4-,8-6-,14-13-. The molecule has 104 valence electrons. The van der Waals surface area contributed by atoms with E-state index in [1.807, 2.05) is 0 Å². The molecule has 4 nitrogen and oxygen atoms in total. The summed E-state index contributed by atoms with van der Waals surface area (Å²) in [6, 6.07) is 0. The minimum Gasteiger partial charge on any atom is -0.398 e. The summed E-state index contributed by atoms with van der Waals surface area (Å²) >= 11 is 0. The zero-order valence-corrected chi connectivity index (χ0v) is 11.5. The normalized spacial score (nSPS) is 19.4. The van der Waals surface area contributed by atoms with Crippen LogP contribution in [-0.2, 0) is 9.59 Å². The first-order valence-corrected chi connectivity index (χ1v) is 6.14. The molecule has 4 heteroatoms. The molecule has 0 amide bonds. The minimum absolute atomic E-state index is 0.0809. The van der Waals surface area contributed by atoms with Crippen LogP contribution in [-0.4, -0.2) is 18.1 Å². The molecule has 0 unspecified atom stereocenters. The summed E-state index contributed by atoms with van der Waals surface area (Å²) in [7, 11) is 0. The maximum absolute atomic E-state index is 12.5. The van der Waals surface area contributed by atoms with Crippen molar-refractivity contribution < 1.29 is 9.59 Å². The second-order valence-corrected chi connectivity index (χ2v) is 4.14. The molecule has 0 bridgehead atoms. The first-order valence-electron chi connectivity index (χ1n) is 6.14. The van der Waals surface area contributed by atoms with E-state index in [1.54, 1.807) is 25.2 Å². The fourth-order valence-electron chi connectivity index (χ4n) is 1.91. The van der Waals surface area contributed by atoms with Crippen LogP contribution in [0.15, 0.2) is 71.5 Å². The van der Waals surface area contributed by atoms with Gasteiger partial charge in [-0.25, -0.2) is 0 Å². The topological polar surface area (TPSA) is 86.2 Å². The van der Waals surface area contributed by atoms with E-state index in [2.05, 4.69) is 13.2 Å². The first kappa shape index (κ1) is 15.6. The number of allylic oxidation sites excluding steroid dienone is 8. The van der Waals surface area contributed by atoms with Crippen LogP contribution >= 0.6 is 0 Å². The van der Waals surface area contributed by atoms with Gasteiger partial charge >= 0.3 is 0 Å². The Kier molecular flexibility index (Phi) is 5.17. The van der Waals surface area contributed by atoms with E-state index in [0.717, 1.165) is 0 Å². The zero-order valence-electron chi connectivity index (χ0n) is 11.5. The molecule has 0 aromatic rings. The maximum atomic E-state index is 12.5. The average molecular weight is 270 g/mol. The molecule has 0 aliphatic heterocycles. The molecule has 0 aromatic carbocycles. The molecular weight excluding hydrogens is 252 g/mol. The minimum atomic E-state index is -0.341. The summed E-state index contributed by atoms with van der Waals surface area (Å²) in [4.78, 5) is 24.7. The number of rotatable bonds is 4. The lowest BCUT2D eigenvalue weighted by Crippen LogP contribution is -2.25. The van der Waals surface area contributed by atoms with Crippen LogP contribution in [0.1, 0.15) is 6.92 Å². The SMILES string of the molecule is C=CC1=C(/C=C\C)C(=O)/C(=C(N)/C=C\CN)C(=C)C1=O. The van der Waals surface area contributed by atoms with E-state index in [-0.39, 0.29) is 46.1 Å². The Morgan fingerprint density at radius 2 is 1.90 bits per heavy atom. The summed E-state index contributed by atoms with van der Waals surface area (Å²) in [6.07, 6.45) is 7.74. The van der Waals surface area contributed by atoms with Crippen LogP contribution in [0.3, 0.4) is 0 Å². The highest BCUT2D eigenvalue weighted by atomic mass is 16.1. The zero-order chi connectivity index (χ0) is 15.3. The largest absolute Gasteiger partial charge is 0.398 e. The predicted octanol–water partition coefficient (Wildman–Crippen LogP) is 1.48. The molecule has 1 rings (SSSR count). The number of carbonyl (C=O) groups is 2. The Morgan fingerprint density at radius 3 is 2.40 bits per heavy atom. The van der Waals surface area contributed by atoms with Gasteiger partial charge in [0, 0.05) is 29.0 Å². The Labute approximate surface area is 118 Å². The first-order chi connectivity index (χ1) is 9.49. The Morgan fingerprint density at radius 1 is 1.25 bits per heavy atom. The van der Waals surface area contributed by atoms with E-state index in [0.29, 0.717) is 0 Å². The highest BCUT2D eigenvalue weighted by Crippen LogP contribution is 2.29. The highest BCUT2D eigenvalue weighted by Gasteiger charge is 2.32. The lowest BCUT2D eigenvalue weighted by Gasteiger charge is -2.19. The van der Waals surface area contributed by atoms with Gasteiger partial charge in [-0.1, -0.05) is 37.5 Å². The molecule has 0 saturated heterocycles. The monoisotopic (exact) mass is 270 g/mol. The van der Waals surface area contributed by atoms with Crippen LogP contribution < -0.4 is 11.5 Å². The summed E-state index contributed by atoms with van der Waals surface area (Å²) in [5.74, 6) is -0.673. The van der Waals surface area contributed by atoms with E-state index in [4.69, 9.17) is 11.5 Å². The van der Waals surface area contributed by atoms with Crippen LogP contribution in [0, 0.1) is 0 Å². The van der Waals surface area contributed by atoms with Crippen molar-refractivity contribution in [2.75, 3.05) is 6.54 Å². The second-order valence-electron chi connectivity index (χ2n) is 4.14. The number of Topliss-reactive ketones (excluding diaryl/α,β-unsaturated/α-hetero) is 2. The van der Waals surface area contributed by atoms with E-state index in [9.17, 15) is 9.59 Å². The number of carbonyl (C=O) groups excluding carboxylic acids is 2. The van der Waals surface area contributed by atoms with Crippen molar-refractivity contribution in [1.82, 2.24) is 0 Å². The molecule has 1 aliphatic rings. The Bertz CT molecular complexity index is 602. The Balaban J connectivity index is 3.56. The predicted molar refractivity (Wildman–Crippen MR) is 80.6 cm³/mol. The molecule has 0 heterocycles. The highest BCUT2D eigenvalue weighted by molar-refractivity contribution is 6.31. The van der Waals surface area contributed by atoms with Crippen molar-refractivity contribution in [3.63, 3.8) is 0 Å². The van der Waals surface area contributed by atoms with Crippen molar-refractivity contribution in [2.24, 2.45) is 11.5 Å². The fourth-order valence-corrected chi connectivity index (χ4v) is 1.91. The van der Waals surface area contributed by atoms with Gasteiger partial charge in [-0.2, -0.15) is 0 Å². The van der Waals surface area contributed by atoms with Gasteiger partial charge in [-0.3, -0.25) is 9.59 Å². The quantitative estimate of drug-likeness (QED) is 0.758. The fraction of sp³-hybridized carbons (Fsp3) is 0.125. The van der Waals surface area contributed by atoms with Gasteiger partial charge in [0.1, 0.15) is 0 Å². The number of ketones is 2. The molecule has 0 saturated carbocycles. The Hall–Kier alpha value is -2.46. The van der Waals surface area contributed by atoms with Crippen molar-refractivity contribution in [2.45, 2.75) is 6.92 Å². The molecule has 0 aromatic heterocycles. The summed E-state index contributed by atoms with van der Waals surface area (Å²) < 4.78 is 0. The van der Waals surface area contributed by atoms with Gasteiger partial charge in [0.25, 0.3) is 0 Å². The smallest absolute Gasteiger partial charge is 0.196 e. The molecule has 0 fully saturated rings. The van der Waals surface area contributed by atoms with Gasteiger partial charge in [0.2, 0.25) is 0 Å². The molecule has 1 aliphatic carbocycles. The molecule has 0 atom stereocenters. The van der Waals surface area contributed by atoms with Gasteiger partial charge in [-0.05, 0) is 13.0 Å². The molecular formula is C16H18N2O2. The average Bonchev–Trinajstić information content (AvgIpc) is 2.43. The van der Waals surface area contributed by atoms with E-state index >= 15 is 0 Å². The van der Waals surface area contributed by atoms with Crippen LogP contribution in [0.4, 0.5) is 0 Å². The van der Waals surface area contributed by atoms with Crippen molar-refractivity contribution in [3.8, 4) is 0 Å². The van der Waals surface area contributed by atoms with Gasteiger partial charge in [-0.15, -0.1) is 0 Å². The third-order valence-electron chi connectivity index (χ3n) is 2.84. The number of hydrogen-bond donors (Lipinski definition) is 2. The van der Waals surface area contributed by atoms with Gasteiger partial charge < -0.3 is 11.5 Å². The van der Waals surface area contributed by atoms with Gasteiger partial charge in [0.15, 0.2) is 11.6 Å². The van der Waals surface area contributed by atoms with E-state index < -0.39 is 0 Å². The lowest BCUT2D eigenvalue weighted by molar-refractivity contribution is -0.116. The molecule has 20 heavy (non-hydrogen) atoms. The number of nitrogens with two attached hydrogens (primary N) is 2. The van der Waals surface area contributed by atoms with Crippen LogP contribution in [0.5, 0.6) is 0 Å². The van der Waals surface area contributed by atoms with Crippen molar-refractivity contribution in [3.05, 3.63) is 71.5 Å². The number of hydrogen-bond acceptors (Lipinski definition) is 4. The maximum Gasteiger partial charge on any atom is 0.196 e. The molecule has 4 N–H and O–H groups in total. The van der Waals surface area contributed by atoms with Gasteiger partial charge in [0.05, 0.1) is 5.57 Å². The lowest BCUT2D eigenvalue weighted by atomic mass is 9.81.